The number of hydrogen-bond acceptors (Lipinski definition) is 2. The summed E-state index contributed by atoms with van der Waals surface area (Å²) in [5.41, 5.74) is 2.58. The zero-order valence-corrected chi connectivity index (χ0v) is 10.1. The van der Waals surface area contributed by atoms with E-state index in [-0.39, 0.29) is 11.9 Å². The van der Waals surface area contributed by atoms with E-state index in [0.29, 0.717) is 0 Å². The second-order valence-electron chi connectivity index (χ2n) is 4.18. The van der Waals surface area contributed by atoms with E-state index < -0.39 is 0 Å². The molecule has 0 aromatic rings. The van der Waals surface area contributed by atoms with Gasteiger partial charge in [-0.1, -0.05) is 19.2 Å². The highest BCUT2D eigenvalue weighted by Gasteiger charge is 2.22. The first kappa shape index (κ1) is 12.7. The maximum atomic E-state index is 11.9. The van der Waals surface area contributed by atoms with Crippen LogP contribution in [0.2, 0.25) is 0 Å². The number of allylic oxidation sites excluding steroid dienone is 3. The minimum absolute atomic E-state index is 0.0247. The largest absolute Gasteiger partial charge is 0.324 e. The SMILES string of the molecule is C=C/C(C)=C(/NC(=O)C1CCCN1)C(=C)C. The minimum atomic E-state index is -0.0630. The van der Waals surface area contributed by atoms with Crippen LogP contribution < -0.4 is 10.6 Å². The molecule has 3 nitrogen and oxygen atoms in total. The molecule has 0 aromatic carbocycles. The van der Waals surface area contributed by atoms with Crippen LogP contribution in [0.5, 0.6) is 0 Å². The second kappa shape index (κ2) is 5.66. The zero-order valence-electron chi connectivity index (χ0n) is 10.1. The first-order valence-electron chi connectivity index (χ1n) is 5.59. The monoisotopic (exact) mass is 220 g/mol. The summed E-state index contributed by atoms with van der Waals surface area (Å²) in [5.74, 6) is 0.0247. The fraction of sp³-hybridized carbons (Fsp3) is 0.462. The lowest BCUT2D eigenvalue weighted by Gasteiger charge is -2.15. The maximum absolute atomic E-state index is 11.9. The average Bonchev–Trinajstić information content (AvgIpc) is 2.77. The third-order valence-corrected chi connectivity index (χ3v) is 2.75. The molecule has 16 heavy (non-hydrogen) atoms. The molecule has 0 bridgehead atoms. The molecule has 1 saturated heterocycles. The van der Waals surface area contributed by atoms with Gasteiger partial charge in [-0.15, -0.1) is 0 Å². The average molecular weight is 220 g/mol. The van der Waals surface area contributed by atoms with Crippen LogP contribution in [0, 0.1) is 0 Å². The Morgan fingerprint density at radius 2 is 2.19 bits per heavy atom. The Kier molecular flexibility index (Phi) is 4.50. The van der Waals surface area contributed by atoms with Crippen LogP contribution in [0.3, 0.4) is 0 Å². The summed E-state index contributed by atoms with van der Waals surface area (Å²) < 4.78 is 0. The molecule has 3 heteroatoms. The van der Waals surface area contributed by atoms with E-state index in [0.717, 1.165) is 36.2 Å². The van der Waals surface area contributed by atoms with Gasteiger partial charge in [0.05, 0.1) is 6.04 Å². The van der Waals surface area contributed by atoms with Gasteiger partial charge in [-0.05, 0) is 44.4 Å². The Labute approximate surface area is 97.3 Å². The van der Waals surface area contributed by atoms with E-state index >= 15 is 0 Å². The minimum Gasteiger partial charge on any atom is -0.324 e. The number of carbonyl (C=O) groups excluding carboxylic acids is 1. The molecule has 88 valence electrons. The van der Waals surface area contributed by atoms with Gasteiger partial charge in [0.1, 0.15) is 0 Å². The number of nitrogens with one attached hydrogen (secondary N) is 2. The third kappa shape index (κ3) is 3.07. The Bertz CT molecular complexity index is 336. The molecule has 1 atom stereocenters. The molecule has 0 aliphatic carbocycles. The number of hydrogen-bond donors (Lipinski definition) is 2. The predicted molar refractivity (Wildman–Crippen MR) is 66.9 cm³/mol. The molecule has 1 aliphatic heterocycles. The van der Waals surface area contributed by atoms with Crippen LogP contribution in [-0.4, -0.2) is 18.5 Å². The predicted octanol–water partition coefficient (Wildman–Crippen LogP) is 1.89. The summed E-state index contributed by atoms with van der Waals surface area (Å²) >= 11 is 0. The van der Waals surface area contributed by atoms with Gasteiger partial charge >= 0.3 is 0 Å². The van der Waals surface area contributed by atoms with Crippen molar-refractivity contribution in [3.05, 3.63) is 36.1 Å². The second-order valence-corrected chi connectivity index (χ2v) is 4.18. The van der Waals surface area contributed by atoms with Gasteiger partial charge in [-0.25, -0.2) is 0 Å². The highest BCUT2D eigenvalue weighted by atomic mass is 16.2. The molecule has 1 rings (SSSR count). The van der Waals surface area contributed by atoms with Gasteiger partial charge < -0.3 is 10.6 Å². The van der Waals surface area contributed by atoms with Crippen molar-refractivity contribution in [3.63, 3.8) is 0 Å². The fourth-order valence-corrected chi connectivity index (χ4v) is 1.76. The van der Waals surface area contributed by atoms with Crippen molar-refractivity contribution in [1.29, 1.82) is 0 Å². The van der Waals surface area contributed by atoms with Gasteiger partial charge in [-0.2, -0.15) is 0 Å². The molecule has 0 saturated carbocycles. The molecule has 1 aliphatic rings. The highest BCUT2D eigenvalue weighted by Crippen LogP contribution is 2.12. The fourth-order valence-electron chi connectivity index (χ4n) is 1.76. The lowest BCUT2D eigenvalue weighted by atomic mass is 10.1. The number of amides is 1. The molecule has 1 heterocycles. The topological polar surface area (TPSA) is 41.1 Å². The van der Waals surface area contributed by atoms with E-state index in [4.69, 9.17) is 0 Å². The number of rotatable bonds is 4. The Morgan fingerprint density at radius 1 is 1.50 bits per heavy atom. The van der Waals surface area contributed by atoms with Crippen molar-refractivity contribution in [2.75, 3.05) is 6.54 Å². The molecule has 0 spiro atoms. The van der Waals surface area contributed by atoms with Crippen molar-refractivity contribution >= 4 is 5.91 Å². The normalized spacial score (nSPS) is 21.2. The van der Waals surface area contributed by atoms with Crippen molar-refractivity contribution in [1.82, 2.24) is 10.6 Å². The summed E-state index contributed by atoms with van der Waals surface area (Å²) in [4.78, 5) is 11.9. The van der Waals surface area contributed by atoms with E-state index in [1.165, 1.54) is 0 Å². The quantitative estimate of drug-likeness (QED) is 0.710. The molecular formula is C13H20N2O. The van der Waals surface area contributed by atoms with Crippen molar-refractivity contribution in [2.45, 2.75) is 32.7 Å². The van der Waals surface area contributed by atoms with Crippen LogP contribution in [0.1, 0.15) is 26.7 Å². The highest BCUT2D eigenvalue weighted by molar-refractivity contribution is 5.84. The van der Waals surface area contributed by atoms with E-state index in [2.05, 4.69) is 23.8 Å². The van der Waals surface area contributed by atoms with Gasteiger partial charge in [0.25, 0.3) is 0 Å². The van der Waals surface area contributed by atoms with Crippen LogP contribution in [0.4, 0.5) is 0 Å². The van der Waals surface area contributed by atoms with Crippen LogP contribution in [0.15, 0.2) is 36.1 Å². The Balaban J connectivity index is 2.72. The van der Waals surface area contributed by atoms with Crippen molar-refractivity contribution in [2.24, 2.45) is 0 Å². The first-order valence-corrected chi connectivity index (χ1v) is 5.59. The Hall–Kier alpha value is -1.35. The summed E-state index contributed by atoms with van der Waals surface area (Å²) in [6.07, 6.45) is 3.69. The van der Waals surface area contributed by atoms with E-state index in [1.807, 2.05) is 13.8 Å². The first-order chi connectivity index (χ1) is 7.56. The smallest absolute Gasteiger partial charge is 0.241 e. The molecule has 0 aromatic heterocycles. The summed E-state index contributed by atoms with van der Waals surface area (Å²) in [6, 6.07) is -0.0630. The molecule has 0 radical (unpaired) electrons. The number of carbonyl (C=O) groups is 1. The van der Waals surface area contributed by atoms with Gasteiger partial charge in [0.15, 0.2) is 0 Å². The van der Waals surface area contributed by atoms with E-state index in [9.17, 15) is 4.79 Å². The maximum Gasteiger partial charge on any atom is 0.241 e. The Morgan fingerprint density at radius 3 is 2.62 bits per heavy atom. The van der Waals surface area contributed by atoms with Crippen molar-refractivity contribution in [3.8, 4) is 0 Å². The molecular weight excluding hydrogens is 200 g/mol. The van der Waals surface area contributed by atoms with Crippen LogP contribution in [0.25, 0.3) is 0 Å². The van der Waals surface area contributed by atoms with Gasteiger partial charge in [0, 0.05) is 5.70 Å². The zero-order chi connectivity index (χ0) is 12.1. The van der Waals surface area contributed by atoms with Crippen LogP contribution >= 0.6 is 0 Å². The third-order valence-electron chi connectivity index (χ3n) is 2.75. The molecule has 2 N–H and O–H groups in total. The van der Waals surface area contributed by atoms with Gasteiger partial charge in [0.2, 0.25) is 5.91 Å². The molecule has 1 unspecified atom stereocenters. The lowest BCUT2D eigenvalue weighted by Crippen LogP contribution is -2.40. The van der Waals surface area contributed by atoms with Gasteiger partial charge in [-0.3, -0.25) is 4.79 Å². The van der Waals surface area contributed by atoms with Crippen molar-refractivity contribution < 1.29 is 4.79 Å². The molecule has 1 amide bonds. The molecule has 1 fully saturated rings. The summed E-state index contributed by atoms with van der Waals surface area (Å²) in [7, 11) is 0. The lowest BCUT2D eigenvalue weighted by molar-refractivity contribution is -0.122. The summed E-state index contributed by atoms with van der Waals surface area (Å²) in [5, 5.41) is 6.08. The summed E-state index contributed by atoms with van der Waals surface area (Å²) in [6.45, 7) is 12.3. The van der Waals surface area contributed by atoms with Crippen LogP contribution in [-0.2, 0) is 4.79 Å². The van der Waals surface area contributed by atoms with E-state index in [1.54, 1.807) is 6.08 Å². The standard InChI is InChI=1S/C13H20N2O/c1-5-10(4)12(9(2)3)15-13(16)11-7-6-8-14-11/h5,11,14H,1-2,6-8H2,3-4H3,(H,15,16)/b12-10+.